The predicted octanol–water partition coefficient (Wildman–Crippen LogP) is 4.19. The lowest BCUT2D eigenvalue weighted by atomic mass is 10.2. The van der Waals surface area contributed by atoms with Crippen LogP contribution in [0.2, 0.25) is 0 Å². The molecule has 1 amide bonds. The van der Waals surface area contributed by atoms with Crippen molar-refractivity contribution in [3.63, 3.8) is 0 Å². The van der Waals surface area contributed by atoms with Crippen LogP contribution in [0.5, 0.6) is 5.75 Å². The average Bonchev–Trinajstić information content (AvgIpc) is 2.86. The normalized spacial score (nSPS) is 11.1. The number of benzene rings is 3. The molecule has 0 unspecified atom stereocenters. The van der Waals surface area contributed by atoms with E-state index in [1.807, 2.05) is 54.6 Å². The van der Waals surface area contributed by atoms with Gasteiger partial charge in [0.2, 0.25) is 15.9 Å². The van der Waals surface area contributed by atoms with Crippen molar-refractivity contribution < 1.29 is 17.9 Å². The van der Waals surface area contributed by atoms with Crippen LogP contribution in [0.25, 0.3) is 0 Å². The van der Waals surface area contributed by atoms with Crippen LogP contribution >= 0.6 is 0 Å². The van der Waals surface area contributed by atoms with Gasteiger partial charge in [-0.05, 0) is 61.4 Å². The molecule has 1 N–H and O–H groups in total. The number of rotatable bonds is 12. The molecule has 35 heavy (non-hydrogen) atoms. The fourth-order valence-electron chi connectivity index (χ4n) is 3.65. The van der Waals surface area contributed by atoms with Crippen LogP contribution < -0.4 is 19.3 Å². The first-order valence-corrected chi connectivity index (χ1v) is 13.5. The van der Waals surface area contributed by atoms with Crippen molar-refractivity contribution in [3.8, 4) is 5.75 Å². The number of hydrogen-bond acceptors (Lipinski definition) is 5. The summed E-state index contributed by atoms with van der Waals surface area (Å²) in [7, 11) is -3.66. The molecular weight excluding hydrogens is 462 g/mol. The van der Waals surface area contributed by atoms with E-state index in [4.69, 9.17) is 4.74 Å². The summed E-state index contributed by atoms with van der Waals surface area (Å²) >= 11 is 0. The van der Waals surface area contributed by atoms with Crippen LogP contribution in [0.15, 0.2) is 78.9 Å². The van der Waals surface area contributed by atoms with Crippen molar-refractivity contribution in [2.45, 2.75) is 27.0 Å². The highest BCUT2D eigenvalue weighted by molar-refractivity contribution is 7.92. The van der Waals surface area contributed by atoms with Gasteiger partial charge < -0.3 is 15.0 Å². The Balaban J connectivity index is 1.59. The van der Waals surface area contributed by atoms with E-state index in [1.165, 1.54) is 0 Å². The van der Waals surface area contributed by atoms with E-state index in [0.29, 0.717) is 24.6 Å². The third kappa shape index (κ3) is 7.75. The molecule has 0 atom stereocenters. The predicted molar refractivity (Wildman–Crippen MR) is 141 cm³/mol. The van der Waals surface area contributed by atoms with Gasteiger partial charge in [0, 0.05) is 25.3 Å². The number of amides is 1. The molecule has 0 aliphatic heterocycles. The van der Waals surface area contributed by atoms with Gasteiger partial charge >= 0.3 is 0 Å². The number of carbonyl (C=O) groups is 1. The van der Waals surface area contributed by atoms with Crippen LogP contribution in [0, 0.1) is 0 Å². The highest BCUT2D eigenvalue weighted by atomic mass is 32.2. The maximum atomic E-state index is 12.6. The Morgan fingerprint density at radius 3 is 2.00 bits per heavy atom. The molecular formula is C27H33N3O4S. The molecule has 3 rings (SSSR count). The quantitative estimate of drug-likeness (QED) is 0.408. The number of sulfonamides is 1. The molecule has 0 aliphatic carbocycles. The highest BCUT2D eigenvalue weighted by Crippen LogP contribution is 2.22. The Bertz CT molecular complexity index is 1180. The summed E-state index contributed by atoms with van der Waals surface area (Å²) in [6.45, 7) is 6.49. The topological polar surface area (TPSA) is 79.0 Å². The van der Waals surface area contributed by atoms with Crippen LogP contribution in [0.3, 0.4) is 0 Å². The molecule has 0 heterocycles. The van der Waals surface area contributed by atoms with E-state index >= 15 is 0 Å². The smallest absolute Gasteiger partial charge is 0.241 e. The van der Waals surface area contributed by atoms with E-state index in [9.17, 15) is 13.2 Å². The first kappa shape index (κ1) is 26.1. The summed E-state index contributed by atoms with van der Waals surface area (Å²) in [5.41, 5.74) is 3.51. The van der Waals surface area contributed by atoms with E-state index in [2.05, 4.69) is 24.1 Å². The largest absolute Gasteiger partial charge is 0.489 e. The van der Waals surface area contributed by atoms with Crippen molar-refractivity contribution >= 4 is 27.3 Å². The molecule has 0 spiro atoms. The summed E-state index contributed by atoms with van der Waals surface area (Å²) in [4.78, 5) is 14.8. The molecule has 0 saturated heterocycles. The summed E-state index contributed by atoms with van der Waals surface area (Å²) in [6, 6.07) is 24.4. The van der Waals surface area contributed by atoms with E-state index in [1.54, 1.807) is 24.3 Å². The number of nitrogens with zero attached hydrogens (tertiary/aromatic N) is 2. The fraction of sp³-hybridized carbons (Fsp3) is 0.296. The first-order chi connectivity index (χ1) is 16.8. The van der Waals surface area contributed by atoms with Crippen LogP contribution in [-0.2, 0) is 28.0 Å². The number of ether oxygens (including phenoxy) is 1. The molecule has 0 aliphatic rings. The van der Waals surface area contributed by atoms with Gasteiger partial charge in [0.15, 0.2) is 0 Å². The fourth-order valence-corrected chi connectivity index (χ4v) is 4.51. The summed E-state index contributed by atoms with van der Waals surface area (Å²) < 4.78 is 31.7. The standard InChI is InChI=1S/C27H33N3O4S/c1-4-29(5-2)24-13-11-22(12-14-24)19-28-27(31)20-30(35(3,32)33)25-15-17-26(18-16-25)34-21-23-9-7-6-8-10-23/h6-18H,4-5,19-21H2,1-3H3,(H,28,31). The van der Waals surface area contributed by atoms with E-state index in [0.717, 1.165) is 40.5 Å². The zero-order valence-corrected chi connectivity index (χ0v) is 21.3. The molecule has 0 radical (unpaired) electrons. The van der Waals surface area contributed by atoms with Gasteiger partial charge in [-0.1, -0.05) is 42.5 Å². The van der Waals surface area contributed by atoms with Gasteiger partial charge in [0.05, 0.1) is 11.9 Å². The van der Waals surface area contributed by atoms with Gasteiger partial charge in [-0.25, -0.2) is 8.42 Å². The number of anilines is 2. The SMILES string of the molecule is CCN(CC)c1ccc(CNC(=O)CN(c2ccc(OCc3ccccc3)cc2)S(C)(=O)=O)cc1. The highest BCUT2D eigenvalue weighted by Gasteiger charge is 2.21. The molecule has 0 aromatic heterocycles. The summed E-state index contributed by atoms with van der Waals surface area (Å²) in [6.07, 6.45) is 1.09. The van der Waals surface area contributed by atoms with Crippen molar-refractivity contribution in [1.82, 2.24) is 5.32 Å². The molecule has 0 bridgehead atoms. The Morgan fingerprint density at radius 1 is 0.829 bits per heavy atom. The number of nitrogens with one attached hydrogen (secondary N) is 1. The van der Waals surface area contributed by atoms with Gasteiger partial charge in [0.1, 0.15) is 18.9 Å². The maximum absolute atomic E-state index is 12.6. The summed E-state index contributed by atoms with van der Waals surface area (Å²) in [5, 5.41) is 2.81. The van der Waals surface area contributed by atoms with Crippen LogP contribution in [0.4, 0.5) is 11.4 Å². The molecule has 3 aromatic carbocycles. The third-order valence-electron chi connectivity index (χ3n) is 5.62. The van der Waals surface area contributed by atoms with Crippen molar-refractivity contribution in [3.05, 3.63) is 90.0 Å². The van der Waals surface area contributed by atoms with Gasteiger partial charge in [-0.3, -0.25) is 9.10 Å². The Kier molecular flexibility index (Phi) is 9.14. The second kappa shape index (κ2) is 12.3. The minimum atomic E-state index is -3.66. The second-order valence-electron chi connectivity index (χ2n) is 8.15. The minimum Gasteiger partial charge on any atom is -0.489 e. The monoisotopic (exact) mass is 495 g/mol. The molecule has 8 heteroatoms. The number of hydrogen-bond donors (Lipinski definition) is 1. The molecule has 7 nitrogen and oxygen atoms in total. The zero-order chi connectivity index (χ0) is 25.3. The second-order valence-corrected chi connectivity index (χ2v) is 10.1. The number of carbonyl (C=O) groups excluding carboxylic acids is 1. The molecule has 3 aromatic rings. The van der Waals surface area contributed by atoms with Gasteiger partial charge in [0.25, 0.3) is 0 Å². The van der Waals surface area contributed by atoms with Crippen molar-refractivity contribution in [1.29, 1.82) is 0 Å². The lowest BCUT2D eigenvalue weighted by Gasteiger charge is -2.22. The average molecular weight is 496 g/mol. The van der Waals surface area contributed by atoms with E-state index in [-0.39, 0.29) is 12.5 Å². The van der Waals surface area contributed by atoms with Gasteiger partial charge in [-0.15, -0.1) is 0 Å². The molecule has 186 valence electrons. The Labute approximate surface area is 208 Å². The molecule has 0 saturated carbocycles. The summed E-state index contributed by atoms with van der Waals surface area (Å²) in [5.74, 6) is 0.233. The van der Waals surface area contributed by atoms with Crippen LogP contribution in [0.1, 0.15) is 25.0 Å². The van der Waals surface area contributed by atoms with Crippen LogP contribution in [-0.4, -0.2) is 40.2 Å². The lowest BCUT2D eigenvalue weighted by molar-refractivity contribution is -0.119. The Hall–Kier alpha value is -3.52. The van der Waals surface area contributed by atoms with Crippen molar-refractivity contribution in [2.75, 3.05) is 35.1 Å². The van der Waals surface area contributed by atoms with E-state index < -0.39 is 10.0 Å². The zero-order valence-electron chi connectivity index (χ0n) is 20.5. The Morgan fingerprint density at radius 2 is 1.43 bits per heavy atom. The minimum absolute atomic E-state index is 0.305. The third-order valence-corrected chi connectivity index (χ3v) is 6.76. The lowest BCUT2D eigenvalue weighted by Crippen LogP contribution is -2.40. The van der Waals surface area contributed by atoms with Gasteiger partial charge in [-0.2, -0.15) is 0 Å². The first-order valence-electron chi connectivity index (χ1n) is 11.6. The molecule has 0 fully saturated rings. The maximum Gasteiger partial charge on any atom is 0.241 e. The van der Waals surface area contributed by atoms with Crippen molar-refractivity contribution in [2.24, 2.45) is 0 Å².